The van der Waals surface area contributed by atoms with Gasteiger partial charge in [-0.1, -0.05) is 82.2 Å². The second-order valence-electron chi connectivity index (χ2n) is 5.94. The molecule has 1 heteroatoms. The van der Waals surface area contributed by atoms with Gasteiger partial charge in [0.25, 0.3) is 0 Å². The van der Waals surface area contributed by atoms with Crippen molar-refractivity contribution in [3.8, 4) is 0 Å². The Morgan fingerprint density at radius 3 is 2.10 bits per heavy atom. The van der Waals surface area contributed by atoms with Crippen molar-refractivity contribution in [3.63, 3.8) is 0 Å². The molecule has 0 saturated heterocycles. The molecule has 0 aliphatic heterocycles. The third-order valence-corrected chi connectivity index (χ3v) is 3.99. The second kappa shape index (κ2) is 12.0. The monoisotopic (exact) mass is 276 g/mol. The molecule has 0 bridgehead atoms. The summed E-state index contributed by atoms with van der Waals surface area (Å²) in [5.74, 6) is 0. The van der Waals surface area contributed by atoms with E-state index in [-0.39, 0.29) is 6.10 Å². The van der Waals surface area contributed by atoms with Crippen LogP contribution < -0.4 is 0 Å². The lowest BCUT2D eigenvalue weighted by Gasteiger charge is -2.10. The molecule has 0 heterocycles. The van der Waals surface area contributed by atoms with Gasteiger partial charge in [-0.15, -0.1) is 0 Å². The van der Waals surface area contributed by atoms with E-state index in [4.69, 9.17) is 0 Å². The molecule has 1 atom stereocenters. The summed E-state index contributed by atoms with van der Waals surface area (Å²) >= 11 is 0. The van der Waals surface area contributed by atoms with E-state index < -0.39 is 0 Å². The van der Waals surface area contributed by atoms with Crippen LogP contribution in [0.15, 0.2) is 30.3 Å². The van der Waals surface area contributed by atoms with Crippen molar-refractivity contribution in [1.29, 1.82) is 0 Å². The molecule has 114 valence electrons. The maximum absolute atomic E-state index is 9.97. The van der Waals surface area contributed by atoms with Crippen LogP contribution in [0.4, 0.5) is 0 Å². The van der Waals surface area contributed by atoms with Gasteiger partial charge in [0.1, 0.15) is 0 Å². The fraction of sp³-hybridized carbons (Fsp3) is 0.684. The SMILES string of the molecule is CCCCCCCCCC(O)CCCc1ccccc1. The summed E-state index contributed by atoms with van der Waals surface area (Å²) in [6.07, 6.45) is 13.3. The third kappa shape index (κ3) is 9.14. The Hall–Kier alpha value is -0.820. The summed E-state index contributed by atoms with van der Waals surface area (Å²) in [5, 5.41) is 9.97. The number of hydrogen-bond acceptors (Lipinski definition) is 1. The summed E-state index contributed by atoms with van der Waals surface area (Å²) in [5.41, 5.74) is 1.38. The summed E-state index contributed by atoms with van der Waals surface area (Å²) in [6, 6.07) is 10.6. The standard InChI is InChI=1S/C19H32O/c1-2-3-4-5-6-7-11-16-19(20)17-12-15-18-13-9-8-10-14-18/h8-10,13-14,19-20H,2-7,11-12,15-17H2,1H3. The van der Waals surface area contributed by atoms with Gasteiger partial charge in [-0.05, 0) is 31.2 Å². The van der Waals surface area contributed by atoms with Crippen LogP contribution in [-0.4, -0.2) is 11.2 Å². The number of aliphatic hydroxyl groups is 1. The van der Waals surface area contributed by atoms with Crippen LogP contribution in [0.25, 0.3) is 0 Å². The smallest absolute Gasteiger partial charge is 0.0540 e. The van der Waals surface area contributed by atoms with Gasteiger partial charge in [0.05, 0.1) is 6.10 Å². The second-order valence-corrected chi connectivity index (χ2v) is 5.94. The lowest BCUT2D eigenvalue weighted by atomic mass is 10.0. The predicted octanol–water partition coefficient (Wildman–Crippen LogP) is 5.51. The van der Waals surface area contributed by atoms with E-state index >= 15 is 0 Å². The highest BCUT2D eigenvalue weighted by atomic mass is 16.3. The van der Waals surface area contributed by atoms with Crippen LogP contribution >= 0.6 is 0 Å². The number of aliphatic hydroxyl groups excluding tert-OH is 1. The van der Waals surface area contributed by atoms with E-state index in [9.17, 15) is 5.11 Å². The number of benzene rings is 1. The summed E-state index contributed by atoms with van der Waals surface area (Å²) in [7, 11) is 0. The van der Waals surface area contributed by atoms with Gasteiger partial charge in [0.15, 0.2) is 0 Å². The van der Waals surface area contributed by atoms with Crippen molar-refractivity contribution in [2.24, 2.45) is 0 Å². The highest BCUT2D eigenvalue weighted by molar-refractivity contribution is 5.14. The van der Waals surface area contributed by atoms with E-state index in [1.165, 1.54) is 50.5 Å². The Kier molecular flexibility index (Phi) is 10.3. The van der Waals surface area contributed by atoms with E-state index in [2.05, 4.69) is 37.3 Å². The third-order valence-electron chi connectivity index (χ3n) is 3.99. The first-order valence-electron chi connectivity index (χ1n) is 8.55. The first-order valence-corrected chi connectivity index (χ1v) is 8.55. The normalized spacial score (nSPS) is 12.5. The van der Waals surface area contributed by atoms with Gasteiger partial charge in [0.2, 0.25) is 0 Å². The zero-order valence-corrected chi connectivity index (χ0v) is 13.2. The number of aryl methyl sites for hydroxylation is 1. The Labute approximate surface area is 125 Å². The molecule has 0 spiro atoms. The van der Waals surface area contributed by atoms with Crippen molar-refractivity contribution < 1.29 is 5.11 Å². The van der Waals surface area contributed by atoms with Crippen molar-refractivity contribution in [1.82, 2.24) is 0 Å². The van der Waals surface area contributed by atoms with Crippen LogP contribution in [0.5, 0.6) is 0 Å². The maximum Gasteiger partial charge on any atom is 0.0540 e. The highest BCUT2D eigenvalue weighted by Gasteiger charge is 2.04. The molecule has 0 aliphatic carbocycles. The molecular weight excluding hydrogens is 244 g/mol. The average Bonchev–Trinajstić information content (AvgIpc) is 2.47. The quantitative estimate of drug-likeness (QED) is 0.499. The number of rotatable bonds is 12. The van der Waals surface area contributed by atoms with Crippen LogP contribution in [0.3, 0.4) is 0 Å². The van der Waals surface area contributed by atoms with Crippen molar-refractivity contribution in [3.05, 3.63) is 35.9 Å². The van der Waals surface area contributed by atoms with Crippen LogP contribution in [0.2, 0.25) is 0 Å². The van der Waals surface area contributed by atoms with Gasteiger partial charge in [-0.2, -0.15) is 0 Å². The summed E-state index contributed by atoms with van der Waals surface area (Å²) in [4.78, 5) is 0. The molecular formula is C19H32O. The lowest BCUT2D eigenvalue weighted by molar-refractivity contribution is 0.148. The van der Waals surface area contributed by atoms with E-state index in [0.29, 0.717) is 0 Å². The molecule has 1 nitrogen and oxygen atoms in total. The van der Waals surface area contributed by atoms with Crippen LogP contribution in [-0.2, 0) is 6.42 Å². The van der Waals surface area contributed by atoms with Crippen LogP contribution in [0.1, 0.15) is 76.7 Å². The molecule has 0 aromatic heterocycles. The van der Waals surface area contributed by atoms with Crippen molar-refractivity contribution in [2.45, 2.75) is 83.7 Å². The minimum Gasteiger partial charge on any atom is -0.393 e. The van der Waals surface area contributed by atoms with Gasteiger partial charge >= 0.3 is 0 Å². The zero-order valence-electron chi connectivity index (χ0n) is 13.2. The van der Waals surface area contributed by atoms with E-state index in [1.807, 2.05) is 0 Å². The molecule has 20 heavy (non-hydrogen) atoms. The van der Waals surface area contributed by atoms with Crippen molar-refractivity contribution >= 4 is 0 Å². The lowest BCUT2D eigenvalue weighted by Crippen LogP contribution is -2.06. The Balaban J connectivity index is 1.91. The van der Waals surface area contributed by atoms with Gasteiger partial charge < -0.3 is 5.11 Å². The Morgan fingerprint density at radius 2 is 1.40 bits per heavy atom. The molecule has 0 fully saturated rings. The average molecular weight is 276 g/mol. The fourth-order valence-electron chi connectivity index (χ4n) is 2.67. The van der Waals surface area contributed by atoms with Crippen LogP contribution in [0, 0.1) is 0 Å². The topological polar surface area (TPSA) is 20.2 Å². The first-order chi connectivity index (χ1) is 9.83. The minimum absolute atomic E-state index is 0.0886. The molecule has 1 aromatic rings. The molecule has 0 amide bonds. The first kappa shape index (κ1) is 17.2. The maximum atomic E-state index is 9.97. The number of hydrogen-bond donors (Lipinski definition) is 1. The van der Waals surface area contributed by atoms with Gasteiger partial charge in [0, 0.05) is 0 Å². The van der Waals surface area contributed by atoms with E-state index in [0.717, 1.165) is 25.7 Å². The molecule has 1 unspecified atom stereocenters. The number of unbranched alkanes of at least 4 members (excludes halogenated alkanes) is 6. The molecule has 0 saturated carbocycles. The summed E-state index contributed by atoms with van der Waals surface area (Å²) < 4.78 is 0. The van der Waals surface area contributed by atoms with E-state index in [1.54, 1.807) is 0 Å². The van der Waals surface area contributed by atoms with Gasteiger partial charge in [-0.3, -0.25) is 0 Å². The van der Waals surface area contributed by atoms with Crippen molar-refractivity contribution in [2.75, 3.05) is 0 Å². The zero-order chi connectivity index (χ0) is 14.5. The van der Waals surface area contributed by atoms with Gasteiger partial charge in [-0.25, -0.2) is 0 Å². The molecule has 1 N–H and O–H groups in total. The highest BCUT2D eigenvalue weighted by Crippen LogP contribution is 2.13. The Bertz CT molecular complexity index is 307. The Morgan fingerprint density at radius 1 is 0.800 bits per heavy atom. The minimum atomic E-state index is -0.0886. The predicted molar refractivity (Wildman–Crippen MR) is 88.0 cm³/mol. The molecule has 0 radical (unpaired) electrons. The fourth-order valence-corrected chi connectivity index (χ4v) is 2.67. The summed E-state index contributed by atoms with van der Waals surface area (Å²) in [6.45, 7) is 2.26. The molecule has 0 aliphatic rings. The molecule has 1 aromatic carbocycles. The molecule has 1 rings (SSSR count). The largest absolute Gasteiger partial charge is 0.393 e.